The second-order valence-corrected chi connectivity index (χ2v) is 5.05. The summed E-state index contributed by atoms with van der Waals surface area (Å²) in [4.78, 5) is 25.0. The lowest BCUT2D eigenvalue weighted by molar-refractivity contribution is -0.124. The maximum atomic E-state index is 11.8. The molecule has 17 heavy (non-hydrogen) atoms. The molecule has 1 fully saturated rings. The molecule has 1 amide bonds. The highest BCUT2D eigenvalue weighted by atomic mass is 16.2. The van der Waals surface area contributed by atoms with Gasteiger partial charge >= 0.3 is 0 Å². The van der Waals surface area contributed by atoms with Gasteiger partial charge in [-0.25, -0.2) is 0 Å². The summed E-state index contributed by atoms with van der Waals surface area (Å²) in [5, 5.41) is 2.96. The highest BCUT2D eigenvalue weighted by Crippen LogP contribution is 2.19. The summed E-state index contributed by atoms with van der Waals surface area (Å²) in [5.41, 5.74) is 0. The third-order valence-corrected chi connectivity index (χ3v) is 3.39. The Hall–Kier alpha value is -0.900. The van der Waals surface area contributed by atoms with E-state index in [1.165, 1.54) is 0 Å². The number of rotatable bonds is 6. The fourth-order valence-electron chi connectivity index (χ4n) is 2.27. The standard InChI is InChI=1S/C13H24N2O2/c1-4-10(2)14-13(17)9-15-7-5-6-12(15)8-11(3)16/h10,12H,4-9H2,1-3H3,(H,14,17). The second-order valence-electron chi connectivity index (χ2n) is 5.05. The fourth-order valence-corrected chi connectivity index (χ4v) is 2.27. The summed E-state index contributed by atoms with van der Waals surface area (Å²) >= 11 is 0. The molecule has 0 bridgehead atoms. The number of nitrogens with zero attached hydrogens (tertiary/aromatic N) is 1. The number of Topliss-reactive ketones (excluding diaryl/α,β-unsaturated/α-hetero) is 1. The van der Waals surface area contributed by atoms with Crippen LogP contribution in [-0.2, 0) is 9.59 Å². The van der Waals surface area contributed by atoms with Crippen molar-refractivity contribution in [3.63, 3.8) is 0 Å². The molecule has 4 heteroatoms. The largest absolute Gasteiger partial charge is 0.353 e. The molecule has 0 saturated carbocycles. The monoisotopic (exact) mass is 240 g/mol. The van der Waals surface area contributed by atoms with Crippen LogP contribution in [0.5, 0.6) is 0 Å². The minimum Gasteiger partial charge on any atom is -0.353 e. The highest BCUT2D eigenvalue weighted by molar-refractivity contribution is 5.79. The highest BCUT2D eigenvalue weighted by Gasteiger charge is 2.27. The maximum absolute atomic E-state index is 11.8. The van der Waals surface area contributed by atoms with Crippen molar-refractivity contribution in [3.8, 4) is 0 Å². The molecule has 0 radical (unpaired) electrons. The fraction of sp³-hybridized carbons (Fsp3) is 0.846. The summed E-state index contributed by atoms with van der Waals surface area (Å²) < 4.78 is 0. The van der Waals surface area contributed by atoms with Gasteiger partial charge in [-0.3, -0.25) is 14.5 Å². The van der Waals surface area contributed by atoms with Crippen LogP contribution in [0.4, 0.5) is 0 Å². The molecule has 1 aliphatic rings. The second kappa shape index (κ2) is 6.74. The molecule has 0 aromatic carbocycles. The van der Waals surface area contributed by atoms with E-state index in [4.69, 9.17) is 0 Å². The van der Waals surface area contributed by atoms with Crippen LogP contribution in [0.2, 0.25) is 0 Å². The quantitative estimate of drug-likeness (QED) is 0.762. The first-order chi connectivity index (χ1) is 8.02. The molecule has 98 valence electrons. The Balaban J connectivity index is 2.38. The Bertz CT molecular complexity index is 279. The van der Waals surface area contributed by atoms with Crippen molar-refractivity contribution in [2.24, 2.45) is 0 Å². The van der Waals surface area contributed by atoms with E-state index in [9.17, 15) is 9.59 Å². The van der Waals surface area contributed by atoms with Gasteiger partial charge in [-0.15, -0.1) is 0 Å². The van der Waals surface area contributed by atoms with Gasteiger partial charge in [0.25, 0.3) is 0 Å². The van der Waals surface area contributed by atoms with Crippen LogP contribution in [0.3, 0.4) is 0 Å². The van der Waals surface area contributed by atoms with Crippen molar-refractivity contribution in [1.82, 2.24) is 10.2 Å². The molecular formula is C13H24N2O2. The lowest BCUT2D eigenvalue weighted by Crippen LogP contribution is -2.43. The van der Waals surface area contributed by atoms with Gasteiger partial charge in [0.1, 0.15) is 5.78 Å². The van der Waals surface area contributed by atoms with Gasteiger partial charge in [0, 0.05) is 18.5 Å². The van der Waals surface area contributed by atoms with Crippen molar-refractivity contribution in [3.05, 3.63) is 0 Å². The third-order valence-electron chi connectivity index (χ3n) is 3.39. The lowest BCUT2D eigenvalue weighted by Gasteiger charge is -2.23. The normalized spacial score (nSPS) is 22.4. The molecule has 0 aromatic rings. The zero-order valence-electron chi connectivity index (χ0n) is 11.2. The lowest BCUT2D eigenvalue weighted by atomic mass is 10.1. The average Bonchev–Trinajstić information content (AvgIpc) is 2.64. The van der Waals surface area contributed by atoms with Crippen molar-refractivity contribution >= 4 is 11.7 Å². The van der Waals surface area contributed by atoms with Gasteiger partial charge in [0.2, 0.25) is 5.91 Å². The number of ketones is 1. The maximum Gasteiger partial charge on any atom is 0.234 e. The van der Waals surface area contributed by atoms with Gasteiger partial charge < -0.3 is 5.32 Å². The molecule has 4 nitrogen and oxygen atoms in total. The molecule has 1 rings (SSSR count). The first-order valence-electron chi connectivity index (χ1n) is 6.55. The number of amides is 1. The molecule has 1 aliphatic heterocycles. The Morgan fingerprint density at radius 3 is 2.76 bits per heavy atom. The molecule has 0 aromatic heterocycles. The van der Waals surface area contributed by atoms with Crippen molar-refractivity contribution in [2.45, 2.75) is 58.5 Å². The smallest absolute Gasteiger partial charge is 0.234 e. The predicted octanol–water partition coefficient (Wildman–Crippen LogP) is 1.34. The Morgan fingerprint density at radius 2 is 2.18 bits per heavy atom. The molecule has 1 heterocycles. The van der Waals surface area contributed by atoms with Crippen molar-refractivity contribution in [1.29, 1.82) is 0 Å². The van der Waals surface area contributed by atoms with Gasteiger partial charge in [0.15, 0.2) is 0 Å². The zero-order chi connectivity index (χ0) is 12.8. The summed E-state index contributed by atoms with van der Waals surface area (Å²) in [6.07, 6.45) is 3.66. The van der Waals surface area contributed by atoms with Gasteiger partial charge in [-0.2, -0.15) is 0 Å². The Labute approximate surface area is 104 Å². The molecule has 0 aliphatic carbocycles. The number of nitrogens with one attached hydrogen (secondary N) is 1. The van der Waals surface area contributed by atoms with Crippen LogP contribution in [0, 0.1) is 0 Å². The van der Waals surface area contributed by atoms with Gasteiger partial charge in [-0.05, 0) is 39.7 Å². The summed E-state index contributed by atoms with van der Waals surface area (Å²) in [7, 11) is 0. The number of hydrogen-bond donors (Lipinski definition) is 1. The Kier molecular flexibility index (Phi) is 5.62. The first kappa shape index (κ1) is 14.2. The van der Waals surface area contributed by atoms with Crippen LogP contribution in [0.25, 0.3) is 0 Å². The third kappa shape index (κ3) is 4.86. The number of likely N-dealkylation sites (tertiary alicyclic amines) is 1. The first-order valence-corrected chi connectivity index (χ1v) is 6.55. The molecule has 2 atom stereocenters. The van der Waals surface area contributed by atoms with E-state index in [-0.39, 0.29) is 23.8 Å². The van der Waals surface area contributed by atoms with Gasteiger partial charge in [0.05, 0.1) is 6.54 Å². The van der Waals surface area contributed by atoms with E-state index in [1.54, 1.807) is 6.92 Å². The van der Waals surface area contributed by atoms with Crippen LogP contribution < -0.4 is 5.32 Å². The van der Waals surface area contributed by atoms with E-state index in [0.717, 1.165) is 25.8 Å². The topological polar surface area (TPSA) is 49.4 Å². The van der Waals surface area contributed by atoms with Crippen LogP contribution in [0.1, 0.15) is 46.5 Å². The molecule has 0 spiro atoms. The minimum atomic E-state index is 0.0785. The number of carbonyl (C=O) groups is 2. The van der Waals surface area contributed by atoms with Crippen molar-refractivity contribution < 1.29 is 9.59 Å². The van der Waals surface area contributed by atoms with Crippen LogP contribution >= 0.6 is 0 Å². The molecule has 1 saturated heterocycles. The van der Waals surface area contributed by atoms with E-state index in [0.29, 0.717) is 13.0 Å². The molecule has 2 unspecified atom stereocenters. The van der Waals surface area contributed by atoms with Crippen LogP contribution in [-0.4, -0.2) is 41.8 Å². The van der Waals surface area contributed by atoms with Crippen LogP contribution in [0.15, 0.2) is 0 Å². The predicted molar refractivity (Wildman–Crippen MR) is 67.8 cm³/mol. The summed E-state index contributed by atoms with van der Waals surface area (Å²) in [5.74, 6) is 0.291. The van der Waals surface area contributed by atoms with E-state index < -0.39 is 0 Å². The average molecular weight is 240 g/mol. The summed E-state index contributed by atoms with van der Waals surface area (Å²) in [6, 6.07) is 0.506. The number of carbonyl (C=O) groups excluding carboxylic acids is 2. The number of hydrogen-bond acceptors (Lipinski definition) is 3. The van der Waals surface area contributed by atoms with Gasteiger partial charge in [-0.1, -0.05) is 6.92 Å². The molecular weight excluding hydrogens is 216 g/mol. The van der Waals surface area contributed by atoms with E-state index in [1.807, 2.05) is 6.92 Å². The van der Waals surface area contributed by atoms with Crippen molar-refractivity contribution in [2.75, 3.05) is 13.1 Å². The zero-order valence-corrected chi connectivity index (χ0v) is 11.2. The SMILES string of the molecule is CCC(C)NC(=O)CN1CCCC1CC(C)=O. The summed E-state index contributed by atoms with van der Waals surface area (Å²) in [6.45, 7) is 7.05. The van der Waals surface area contributed by atoms with E-state index >= 15 is 0 Å². The van der Waals surface area contributed by atoms with E-state index in [2.05, 4.69) is 17.1 Å². The Morgan fingerprint density at radius 1 is 1.47 bits per heavy atom. The minimum absolute atomic E-state index is 0.0785. The molecule has 1 N–H and O–H groups in total.